The molecule has 2 aromatic rings. The number of hydrogen-bond donors (Lipinski definition) is 1. The van der Waals surface area contributed by atoms with Crippen LogP contribution in [0.15, 0.2) is 29.8 Å². The van der Waals surface area contributed by atoms with Crippen molar-refractivity contribution in [2.75, 3.05) is 36.0 Å². The molecule has 0 atom stereocenters. The number of carbonyl (C=O) groups is 1. The fraction of sp³-hybridized carbons (Fsp3) is 0.333. The van der Waals surface area contributed by atoms with E-state index in [-0.39, 0.29) is 0 Å². The van der Waals surface area contributed by atoms with Crippen molar-refractivity contribution in [2.24, 2.45) is 0 Å². The van der Waals surface area contributed by atoms with Crippen LogP contribution in [0, 0.1) is 6.92 Å². The normalized spacial score (nSPS) is 15.3. The Hall–Kier alpha value is -2.08. The summed E-state index contributed by atoms with van der Waals surface area (Å²) in [4.78, 5) is 20.0. The van der Waals surface area contributed by atoms with Gasteiger partial charge in [-0.2, -0.15) is 0 Å². The maximum absolute atomic E-state index is 11.1. The molecule has 5 nitrogen and oxygen atoms in total. The van der Waals surface area contributed by atoms with Crippen LogP contribution in [0.1, 0.15) is 15.9 Å². The number of nitrogens with zero attached hydrogens (tertiary/aromatic N) is 3. The van der Waals surface area contributed by atoms with Crippen molar-refractivity contribution in [1.29, 1.82) is 0 Å². The molecule has 1 aromatic carbocycles. The van der Waals surface area contributed by atoms with E-state index in [9.17, 15) is 4.79 Å². The average Bonchev–Trinajstić information content (AvgIpc) is 3.01. The predicted molar refractivity (Wildman–Crippen MR) is 84.7 cm³/mol. The molecule has 0 unspecified atom stereocenters. The average molecular weight is 303 g/mol. The molecule has 1 aliphatic rings. The highest BCUT2D eigenvalue weighted by atomic mass is 32.1. The van der Waals surface area contributed by atoms with Crippen LogP contribution in [-0.4, -0.2) is 42.2 Å². The second-order valence-corrected chi connectivity index (χ2v) is 5.97. The van der Waals surface area contributed by atoms with Gasteiger partial charge in [0.25, 0.3) is 0 Å². The van der Waals surface area contributed by atoms with Crippen LogP contribution in [0.3, 0.4) is 0 Å². The third-order valence-electron chi connectivity index (χ3n) is 3.78. The van der Waals surface area contributed by atoms with Gasteiger partial charge in [-0.25, -0.2) is 9.78 Å². The molecule has 0 amide bonds. The van der Waals surface area contributed by atoms with Crippen LogP contribution in [-0.2, 0) is 0 Å². The molecule has 0 bridgehead atoms. The quantitative estimate of drug-likeness (QED) is 0.944. The number of aryl methyl sites for hydroxylation is 1. The van der Waals surface area contributed by atoms with Gasteiger partial charge in [0.1, 0.15) is 0 Å². The minimum atomic E-state index is -0.868. The van der Waals surface area contributed by atoms with Crippen molar-refractivity contribution < 1.29 is 9.90 Å². The summed E-state index contributed by atoms with van der Waals surface area (Å²) in [5, 5.41) is 12.2. The first kappa shape index (κ1) is 13.9. The van der Waals surface area contributed by atoms with Crippen molar-refractivity contribution in [3.8, 4) is 0 Å². The van der Waals surface area contributed by atoms with E-state index >= 15 is 0 Å². The first-order valence-electron chi connectivity index (χ1n) is 6.88. The predicted octanol–water partition coefficient (Wildman–Crippen LogP) is 2.48. The van der Waals surface area contributed by atoms with Gasteiger partial charge in [0.15, 0.2) is 5.13 Å². The molecule has 21 heavy (non-hydrogen) atoms. The van der Waals surface area contributed by atoms with Gasteiger partial charge < -0.3 is 14.9 Å². The van der Waals surface area contributed by atoms with E-state index in [4.69, 9.17) is 5.11 Å². The number of piperazine rings is 1. The van der Waals surface area contributed by atoms with Gasteiger partial charge in [-0.15, -0.1) is 11.3 Å². The third kappa shape index (κ3) is 2.85. The summed E-state index contributed by atoms with van der Waals surface area (Å²) in [6.45, 7) is 5.57. The van der Waals surface area contributed by atoms with Crippen LogP contribution in [0.25, 0.3) is 0 Å². The lowest BCUT2D eigenvalue weighted by atomic mass is 10.1. The number of anilines is 2. The van der Waals surface area contributed by atoms with Gasteiger partial charge >= 0.3 is 5.97 Å². The minimum Gasteiger partial charge on any atom is -0.478 e. The summed E-state index contributed by atoms with van der Waals surface area (Å²) in [5.74, 6) is -0.868. The van der Waals surface area contributed by atoms with E-state index in [1.54, 1.807) is 17.4 Å². The molecule has 1 aliphatic heterocycles. The highest BCUT2D eigenvalue weighted by Gasteiger charge is 2.19. The molecule has 6 heteroatoms. The smallest absolute Gasteiger partial charge is 0.335 e. The van der Waals surface area contributed by atoms with Crippen LogP contribution >= 0.6 is 11.3 Å². The highest BCUT2D eigenvalue weighted by molar-refractivity contribution is 7.13. The SMILES string of the molecule is Cc1cc(N2CCN(c3nccs3)CC2)ccc1C(=O)O. The molecule has 0 spiro atoms. The van der Waals surface area contributed by atoms with E-state index in [2.05, 4.69) is 14.8 Å². The van der Waals surface area contributed by atoms with Crippen molar-refractivity contribution in [1.82, 2.24) is 4.98 Å². The van der Waals surface area contributed by atoms with Gasteiger partial charge in [-0.3, -0.25) is 0 Å². The number of carboxylic acid groups (broad SMARTS) is 1. The third-order valence-corrected chi connectivity index (χ3v) is 4.61. The molecule has 2 heterocycles. The molecule has 110 valence electrons. The molecule has 1 fully saturated rings. The summed E-state index contributed by atoms with van der Waals surface area (Å²) in [6, 6.07) is 5.55. The van der Waals surface area contributed by atoms with Gasteiger partial charge in [-0.1, -0.05) is 0 Å². The second kappa shape index (κ2) is 5.73. The number of carboxylic acids is 1. The first-order valence-corrected chi connectivity index (χ1v) is 7.76. The van der Waals surface area contributed by atoms with E-state index in [1.165, 1.54) is 0 Å². The van der Waals surface area contributed by atoms with E-state index < -0.39 is 5.97 Å². The number of hydrogen-bond acceptors (Lipinski definition) is 5. The molecule has 1 N–H and O–H groups in total. The molecule has 3 rings (SSSR count). The lowest BCUT2D eigenvalue weighted by Gasteiger charge is -2.36. The Bertz CT molecular complexity index is 634. The Balaban J connectivity index is 1.69. The van der Waals surface area contributed by atoms with E-state index in [0.717, 1.165) is 42.6 Å². The van der Waals surface area contributed by atoms with Crippen LogP contribution in [0.2, 0.25) is 0 Å². The number of thiazole rings is 1. The summed E-state index contributed by atoms with van der Waals surface area (Å²) < 4.78 is 0. The number of aromatic carboxylic acids is 1. The second-order valence-electron chi connectivity index (χ2n) is 5.09. The van der Waals surface area contributed by atoms with Gasteiger partial charge in [-0.05, 0) is 30.7 Å². The largest absolute Gasteiger partial charge is 0.478 e. The zero-order valence-corrected chi connectivity index (χ0v) is 12.6. The van der Waals surface area contributed by atoms with Crippen molar-refractivity contribution in [3.63, 3.8) is 0 Å². The van der Waals surface area contributed by atoms with Gasteiger partial charge in [0, 0.05) is 43.4 Å². The lowest BCUT2D eigenvalue weighted by molar-refractivity contribution is 0.0696. The Morgan fingerprint density at radius 3 is 2.52 bits per heavy atom. The Morgan fingerprint density at radius 1 is 1.24 bits per heavy atom. The summed E-state index contributed by atoms with van der Waals surface area (Å²) in [6.07, 6.45) is 1.83. The minimum absolute atomic E-state index is 0.375. The fourth-order valence-electron chi connectivity index (χ4n) is 2.61. The van der Waals surface area contributed by atoms with Gasteiger partial charge in [0.2, 0.25) is 0 Å². The lowest BCUT2D eigenvalue weighted by Crippen LogP contribution is -2.46. The Kier molecular flexibility index (Phi) is 3.79. The number of aromatic nitrogens is 1. The molecule has 0 radical (unpaired) electrons. The molecular weight excluding hydrogens is 286 g/mol. The van der Waals surface area contributed by atoms with Crippen molar-refractivity contribution >= 4 is 28.1 Å². The molecule has 1 saturated heterocycles. The first-order chi connectivity index (χ1) is 10.1. The van der Waals surface area contributed by atoms with Crippen molar-refractivity contribution in [2.45, 2.75) is 6.92 Å². The summed E-state index contributed by atoms with van der Waals surface area (Å²) in [5.41, 5.74) is 2.28. The van der Waals surface area contributed by atoms with Crippen LogP contribution in [0.4, 0.5) is 10.8 Å². The summed E-state index contributed by atoms with van der Waals surface area (Å²) >= 11 is 1.67. The number of rotatable bonds is 3. The molecule has 0 saturated carbocycles. The van der Waals surface area contributed by atoms with Crippen molar-refractivity contribution in [3.05, 3.63) is 40.9 Å². The van der Waals surface area contributed by atoms with E-state index in [0.29, 0.717) is 5.56 Å². The maximum atomic E-state index is 11.1. The topological polar surface area (TPSA) is 56.7 Å². The zero-order valence-electron chi connectivity index (χ0n) is 11.8. The maximum Gasteiger partial charge on any atom is 0.335 e. The monoisotopic (exact) mass is 303 g/mol. The molecule has 0 aliphatic carbocycles. The Labute approximate surface area is 127 Å². The number of benzene rings is 1. The summed E-state index contributed by atoms with van der Waals surface area (Å²) in [7, 11) is 0. The Morgan fingerprint density at radius 2 is 1.95 bits per heavy atom. The van der Waals surface area contributed by atoms with Gasteiger partial charge in [0.05, 0.1) is 5.56 Å². The molecular formula is C15H17N3O2S. The molecule has 1 aromatic heterocycles. The van der Waals surface area contributed by atoms with Crippen LogP contribution in [0.5, 0.6) is 0 Å². The standard InChI is InChI=1S/C15H17N3O2S/c1-11-10-12(2-3-13(11)14(19)20)17-5-7-18(8-6-17)15-16-4-9-21-15/h2-4,9-10H,5-8H2,1H3,(H,19,20). The zero-order chi connectivity index (χ0) is 14.8. The van der Waals surface area contributed by atoms with E-state index in [1.807, 2.05) is 30.6 Å². The van der Waals surface area contributed by atoms with Crippen LogP contribution < -0.4 is 9.80 Å². The highest BCUT2D eigenvalue weighted by Crippen LogP contribution is 2.23. The fourth-order valence-corrected chi connectivity index (χ4v) is 3.31.